The van der Waals surface area contributed by atoms with Crippen molar-refractivity contribution in [1.82, 2.24) is 10.2 Å². The summed E-state index contributed by atoms with van der Waals surface area (Å²) in [6.45, 7) is 17.4. The SMILES string of the molecule is CC(C)(C)CCNC1(C)CCN(C(=O)OC(C)(C)C)CC1. The molecule has 1 heterocycles. The van der Waals surface area contributed by atoms with E-state index in [0.29, 0.717) is 5.41 Å². The van der Waals surface area contributed by atoms with Crippen LogP contribution in [-0.2, 0) is 4.74 Å². The van der Waals surface area contributed by atoms with Gasteiger partial charge < -0.3 is 15.0 Å². The molecule has 4 nitrogen and oxygen atoms in total. The third kappa shape index (κ3) is 7.16. The van der Waals surface area contributed by atoms with E-state index in [-0.39, 0.29) is 11.6 Å². The number of rotatable bonds is 3. The number of ether oxygens (including phenoxy) is 1. The third-order valence-electron chi connectivity index (χ3n) is 3.95. The van der Waals surface area contributed by atoms with Gasteiger partial charge in [-0.3, -0.25) is 0 Å². The van der Waals surface area contributed by atoms with Crippen LogP contribution in [0, 0.1) is 5.41 Å². The highest BCUT2D eigenvalue weighted by atomic mass is 16.6. The van der Waals surface area contributed by atoms with Gasteiger partial charge in [-0.25, -0.2) is 4.79 Å². The molecule has 1 fully saturated rings. The van der Waals surface area contributed by atoms with E-state index in [1.54, 1.807) is 0 Å². The summed E-state index contributed by atoms with van der Waals surface area (Å²) in [5.74, 6) is 0. The van der Waals surface area contributed by atoms with E-state index in [4.69, 9.17) is 4.74 Å². The molecule has 4 heteroatoms. The Balaban J connectivity index is 2.38. The molecule has 1 rings (SSSR count). The fourth-order valence-corrected chi connectivity index (χ4v) is 2.43. The molecule has 0 atom stereocenters. The summed E-state index contributed by atoms with van der Waals surface area (Å²) in [5.41, 5.74) is 0.0904. The lowest BCUT2D eigenvalue weighted by atomic mass is 9.88. The largest absolute Gasteiger partial charge is 0.444 e. The van der Waals surface area contributed by atoms with Gasteiger partial charge in [-0.05, 0) is 58.9 Å². The smallest absolute Gasteiger partial charge is 0.410 e. The zero-order valence-corrected chi connectivity index (χ0v) is 15.0. The second kappa shape index (κ2) is 6.55. The number of nitrogens with zero attached hydrogens (tertiary/aromatic N) is 1. The lowest BCUT2D eigenvalue weighted by Gasteiger charge is -2.40. The second-order valence-electron chi connectivity index (χ2n) is 8.77. The maximum absolute atomic E-state index is 12.1. The molecular weight excluding hydrogens is 264 g/mol. The molecule has 1 aliphatic heterocycles. The molecule has 124 valence electrons. The molecule has 0 aromatic rings. The number of likely N-dealkylation sites (tertiary alicyclic amines) is 1. The van der Waals surface area contributed by atoms with Crippen LogP contribution in [0.15, 0.2) is 0 Å². The van der Waals surface area contributed by atoms with Crippen LogP contribution >= 0.6 is 0 Å². The van der Waals surface area contributed by atoms with Gasteiger partial charge in [-0.15, -0.1) is 0 Å². The molecule has 1 aliphatic rings. The van der Waals surface area contributed by atoms with Crippen LogP contribution in [0.5, 0.6) is 0 Å². The number of carbonyl (C=O) groups is 1. The number of carbonyl (C=O) groups excluding carboxylic acids is 1. The first-order valence-electron chi connectivity index (χ1n) is 8.13. The molecule has 0 aromatic carbocycles. The van der Waals surface area contributed by atoms with E-state index < -0.39 is 5.60 Å². The predicted octanol–water partition coefficient (Wildman–Crippen LogP) is 3.80. The van der Waals surface area contributed by atoms with Crippen LogP contribution in [0.4, 0.5) is 4.79 Å². The van der Waals surface area contributed by atoms with Crippen LogP contribution < -0.4 is 5.32 Å². The summed E-state index contributed by atoms with van der Waals surface area (Å²) in [7, 11) is 0. The lowest BCUT2D eigenvalue weighted by Crippen LogP contribution is -2.53. The number of amides is 1. The molecular formula is C17H34N2O2. The van der Waals surface area contributed by atoms with Gasteiger partial charge in [-0.1, -0.05) is 20.8 Å². The quantitative estimate of drug-likeness (QED) is 0.861. The standard InChI is InChI=1S/C17H34N2O2/c1-15(2,3)8-11-18-17(7)9-12-19(13-10-17)14(20)21-16(4,5)6/h18H,8-13H2,1-7H3. The van der Waals surface area contributed by atoms with Gasteiger partial charge in [0.25, 0.3) is 0 Å². The van der Waals surface area contributed by atoms with E-state index in [1.807, 2.05) is 25.7 Å². The van der Waals surface area contributed by atoms with Gasteiger partial charge in [0, 0.05) is 18.6 Å². The molecule has 0 aliphatic carbocycles. The lowest BCUT2D eigenvalue weighted by molar-refractivity contribution is 0.0157. The van der Waals surface area contributed by atoms with Crippen LogP contribution in [0.1, 0.15) is 67.7 Å². The summed E-state index contributed by atoms with van der Waals surface area (Å²) in [4.78, 5) is 13.9. The average molecular weight is 298 g/mol. The van der Waals surface area contributed by atoms with Crippen LogP contribution in [-0.4, -0.2) is 41.8 Å². The first kappa shape index (κ1) is 18.3. The Kier molecular flexibility index (Phi) is 5.70. The predicted molar refractivity (Wildman–Crippen MR) is 87.5 cm³/mol. The molecule has 0 spiro atoms. The highest BCUT2D eigenvalue weighted by Gasteiger charge is 2.33. The topological polar surface area (TPSA) is 41.6 Å². The fraction of sp³-hybridized carbons (Fsp3) is 0.941. The monoisotopic (exact) mass is 298 g/mol. The summed E-state index contributed by atoms with van der Waals surface area (Å²) in [5, 5.41) is 3.68. The van der Waals surface area contributed by atoms with Gasteiger partial charge in [-0.2, -0.15) is 0 Å². The molecule has 21 heavy (non-hydrogen) atoms. The molecule has 0 unspecified atom stereocenters. The van der Waals surface area contributed by atoms with Crippen molar-refractivity contribution < 1.29 is 9.53 Å². The number of piperidine rings is 1. The fourth-order valence-electron chi connectivity index (χ4n) is 2.43. The molecule has 1 amide bonds. The Morgan fingerprint density at radius 1 is 1.14 bits per heavy atom. The van der Waals surface area contributed by atoms with Crippen LogP contribution in [0.3, 0.4) is 0 Å². The van der Waals surface area contributed by atoms with Crippen molar-refractivity contribution >= 4 is 6.09 Å². The van der Waals surface area contributed by atoms with E-state index in [9.17, 15) is 4.79 Å². The molecule has 1 N–H and O–H groups in total. The van der Waals surface area contributed by atoms with Crippen molar-refractivity contribution in [2.45, 2.75) is 78.9 Å². The minimum Gasteiger partial charge on any atom is -0.444 e. The zero-order chi connectivity index (χ0) is 16.3. The van der Waals surface area contributed by atoms with E-state index in [2.05, 4.69) is 33.0 Å². The molecule has 0 radical (unpaired) electrons. The molecule has 0 aromatic heterocycles. The molecule has 1 saturated heterocycles. The minimum atomic E-state index is -0.414. The van der Waals surface area contributed by atoms with Gasteiger partial charge in [0.05, 0.1) is 0 Å². The van der Waals surface area contributed by atoms with Crippen molar-refractivity contribution in [2.75, 3.05) is 19.6 Å². The highest BCUT2D eigenvalue weighted by molar-refractivity contribution is 5.68. The maximum Gasteiger partial charge on any atom is 0.410 e. The van der Waals surface area contributed by atoms with E-state index >= 15 is 0 Å². The van der Waals surface area contributed by atoms with Gasteiger partial charge in [0.15, 0.2) is 0 Å². The Morgan fingerprint density at radius 3 is 2.10 bits per heavy atom. The molecule has 0 bridgehead atoms. The Bertz CT molecular complexity index is 345. The van der Waals surface area contributed by atoms with Crippen molar-refractivity contribution in [3.63, 3.8) is 0 Å². The number of hydrogen-bond donors (Lipinski definition) is 1. The Labute approximate surface area is 130 Å². The summed E-state index contributed by atoms with van der Waals surface area (Å²) >= 11 is 0. The average Bonchev–Trinajstić information content (AvgIpc) is 2.25. The zero-order valence-electron chi connectivity index (χ0n) is 15.0. The van der Waals surface area contributed by atoms with E-state index in [1.165, 1.54) is 6.42 Å². The van der Waals surface area contributed by atoms with Crippen LogP contribution in [0.2, 0.25) is 0 Å². The summed E-state index contributed by atoms with van der Waals surface area (Å²) < 4.78 is 5.44. The summed E-state index contributed by atoms with van der Waals surface area (Å²) in [6.07, 6.45) is 2.95. The van der Waals surface area contributed by atoms with Crippen molar-refractivity contribution in [1.29, 1.82) is 0 Å². The minimum absolute atomic E-state index is 0.143. The normalized spacial score (nSPS) is 19.5. The second-order valence-corrected chi connectivity index (χ2v) is 8.77. The maximum atomic E-state index is 12.1. The van der Waals surface area contributed by atoms with Crippen LogP contribution in [0.25, 0.3) is 0 Å². The Hall–Kier alpha value is -0.770. The Morgan fingerprint density at radius 2 is 1.67 bits per heavy atom. The van der Waals surface area contributed by atoms with Crippen molar-refractivity contribution in [2.24, 2.45) is 5.41 Å². The first-order chi connectivity index (χ1) is 9.40. The van der Waals surface area contributed by atoms with Gasteiger partial charge >= 0.3 is 6.09 Å². The third-order valence-corrected chi connectivity index (χ3v) is 3.95. The van der Waals surface area contributed by atoms with Gasteiger partial charge in [0.1, 0.15) is 5.60 Å². The van der Waals surface area contributed by atoms with Gasteiger partial charge in [0.2, 0.25) is 0 Å². The first-order valence-corrected chi connectivity index (χ1v) is 8.13. The molecule has 0 saturated carbocycles. The number of nitrogens with one attached hydrogen (secondary N) is 1. The van der Waals surface area contributed by atoms with Crippen molar-refractivity contribution in [3.8, 4) is 0 Å². The van der Waals surface area contributed by atoms with Crippen molar-refractivity contribution in [3.05, 3.63) is 0 Å². The van der Waals surface area contributed by atoms with E-state index in [0.717, 1.165) is 32.5 Å². The summed E-state index contributed by atoms with van der Waals surface area (Å²) in [6, 6.07) is 0. The highest BCUT2D eigenvalue weighted by Crippen LogP contribution is 2.24. The number of hydrogen-bond acceptors (Lipinski definition) is 3.